The van der Waals surface area contributed by atoms with Crippen molar-refractivity contribution >= 4 is 11.4 Å². The van der Waals surface area contributed by atoms with Gasteiger partial charge in [0.1, 0.15) is 6.04 Å². The second-order valence-corrected chi connectivity index (χ2v) is 7.61. The highest BCUT2D eigenvalue weighted by atomic mass is 19.3. The van der Waals surface area contributed by atoms with Crippen molar-refractivity contribution in [2.24, 2.45) is 5.18 Å². The Morgan fingerprint density at radius 2 is 2.17 bits per heavy atom. The average molecular weight is 400 g/mol. The predicted octanol–water partition coefficient (Wildman–Crippen LogP) is 2.86. The molecule has 3 aromatic rings. The lowest BCUT2D eigenvalue weighted by molar-refractivity contribution is -0.177. The summed E-state index contributed by atoms with van der Waals surface area (Å²) >= 11 is 0. The molecule has 1 N–H and O–H groups in total. The number of fused-ring (bicyclic) bond motifs is 2. The van der Waals surface area contributed by atoms with Crippen LogP contribution < -0.4 is 0 Å². The van der Waals surface area contributed by atoms with Crippen molar-refractivity contribution in [2.75, 3.05) is 6.54 Å². The van der Waals surface area contributed by atoms with Crippen LogP contribution in [0.25, 0.3) is 5.52 Å². The van der Waals surface area contributed by atoms with E-state index in [4.69, 9.17) is 0 Å². The summed E-state index contributed by atoms with van der Waals surface area (Å²) < 4.78 is 31.9. The van der Waals surface area contributed by atoms with Gasteiger partial charge in [-0.05, 0) is 37.5 Å². The largest absolute Gasteiger partial charge is 0.352 e. The van der Waals surface area contributed by atoms with E-state index < -0.39 is 23.4 Å². The first-order valence-electron chi connectivity index (χ1n) is 9.47. The van der Waals surface area contributed by atoms with Crippen LogP contribution in [0.2, 0.25) is 0 Å². The maximum Gasteiger partial charge on any atom is 0.352 e. The summed E-state index contributed by atoms with van der Waals surface area (Å²) in [7, 11) is 0. The quantitative estimate of drug-likeness (QED) is 0.681. The van der Waals surface area contributed by atoms with Gasteiger partial charge in [0, 0.05) is 24.9 Å². The van der Waals surface area contributed by atoms with Gasteiger partial charge in [-0.3, -0.25) is 4.79 Å². The van der Waals surface area contributed by atoms with Gasteiger partial charge in [-0.2, -0.15) is 13.9 Å². The summed E-state index contributed by atoms with van der Waals surface area (Å²) in [5.74, 6) is -5.27. The Hall–Kier alpha value is -3.17. The summed E-state index contributed by atoms with van der Waals surface area (Å²) in [4.78, 5) is 32.7. The van der Waals surface area contributed by atoms with E-state index >= 15 is 8.78 Å². The molecule has 1 aliphatic heterocycles. The van der Waals surface area contributed by atoms with Crippen LogP contribution in [0.1, 0.15) is 42.4 Å². The summed E-state index contributed by atoms with van der Waals surface area (Å²) in [5, 5.41) is 7.18. The van der Waals surface area contributed by atoms with E-state index in [9.17, 15) is 9.70 Å². The number of nitrogens with zero attached hydrogens (tertiary/aromatic N) is 5. The molecule has 1 saturated carbocycles. The normalized spacial score (nSPS) is 20.9. The fourth-order valence-electron chi connectivity index (χ4n) is 4.24. The number of amides is 1. The number of rotatable bonds is 4. The molecule has 2 aliphatic rings. The van der Waals surface area contributed by atoms with E-state index in [1.807, 2.05) is 12.1 Å². The zero-order chi connectivity index (χ0) is 20.2. The number of halogens is 2. The van der Waals surface area contributed by atoms with Crippen molar-refractivity contribution in [2.45, 2.75) is 43.2 Å². The van der Waals surface area contributed by atoms with E-state index in [-0.39, 0.29) is 19.4 Å². The first-order valence-corrected chi connectivity index (χ1v) is 9.47. The Balaban J connectivity index is 1.59. The molecule has 1 atom stereocenters. The third-order valence-electron chi connectivity index (χ3n) is 6.06. The Kier molecular flexibility index (Phi) is 3.80. The van der Waals surface area contributed by atoms with E-state index in [2.05, 4.69) is 20.2 Å². The molecule has 4 heterocycles. The zero-order valence-corrected chi connectivity index (χ0v) is 15.4. The van der Waals surface area contributed by atoms with Crippen LogP contribution in [0.3, 0.4) is 0 Å². The van der Waals surface area contributed by atoms with Gasteiger partial charge in [-0.15, -0.1) is 4.91 Å². The van der Waals surface area contributed by atoms with E-state index in [1.54, 1.807) is 22.8 Å². The van der Waals surface area contributed by atoms with Crippen molar-refractivity contribution < 1.29 is 13.6 Å². The van der Waals surface area contributed by atoms with Gasteiger partial charge < -0.3 is 9.88 Å². The lowest BCUT2D eigenvalue weighted by Crippen LogP contribution is -2.61. The number of imidazole rings is 1. The zero-order valence-electron chi connectivity index (χ0n) is 15.4. The molecule has 3 aromatic heterocycles. The molecule has 0 saturated heterocycles. The maximum absolute atomic E-state index is 15.2. The number of pyridine rings is 1. The first-order chi connectivity index (χ1) is 14.0. The molecule has 0 bridgehead atoms. The van der Waals surface area contributed by atoms with Gasteiger partial charge in [-0.1, -0.05) is 11.2 Å². The molecule has 150 valence electrons. The van der Waals surface area contributed by atoms with Crippen LogP contribution in [0, 0.1) is 4.91 Å². The van der Waals surface area contributed by atoms with Crippen molar-refractivity contribution in [3.8, 4) is 0 Å². The molecule has 0 aromatic carbocycles. The molecule has 29 heavy (non-hydrogen) atoms. The Labute approximate surface area is 163 Å². The number of nitrogens with one attached hydrogen (secondary N) is 1. The molecular formula is C19H18F2N6O2. The number of hydrogen-bond acceptors (Lipinski definition) is 5. The molecule has 1 fully saturated rings. The van der Waals surface area contributed by atoms with Gasteiger partial charge in [0.15, 0.2) is 5.54 Å². The molecule has 0 unspecified atom stereocenters. The topological polar surface area (TPSA) is 95.7 Å². The summed E-state index contributed by atoms with van der Waals surface area (Å²) in [6.07, 6.45) is 3.87. The number of nitroso groups, excluding NO2 is 1. The van der Waals surface area contributed by atoms with Gasteiger partial charge in [0.05, 0.1) is 23.2 Å². The Morgan fingerprint density at radius 3 is 2.86 bits per heavy atom. The standard InChI is InChI=1S/C19H18F2N6O2/c20-19(21,18(25-29)6-3-7-18)17(28)26-9-5-13-15(23-11-22-13)16(26)14-10-12-4-1-2-8-27(12)24-14/h1-2,4,8,10-11,16H,3,5-7,9H2,(H,22,23)/t16-/m0/s1. The smallest absolute Gasteiger partial charge is 0.348 e. The minimum Gasteiger partial charge on any atom is -0.348 e. The molecular weight excluding hydrogens is 382 g/mol. The number of carbonyl (C=O) groups is 1. The molecule has 0 spiro atoms. The van der Waals surface area contributed by atoms with E-state index in [1.165, 1.54) is 6.33 Å². The number of aromatic amines is 1. The molecule has 1 aliphatic carbocycles. The third kappa shape index (κ3) is 2.44. The highest BCUT2D eigenvalue weighted by molar-refractivity contribution is 5.86. The minimum atomic E-state index is -3.88. The number of carbonyl (C=O) groups excluding carboxylic acids is 1. The van der Waals surface area contributed by atoms with Crippen LogP contribution >= 0.6 is 0 Å². The van der Waals surface area contributed by atoms with E-state index in [0.29, 0.717) is 24.2 Å². The number of H-pyrrole nitrogens is 1. The number of aromatic nitrogens is 4. The van der Waals surface area contributed by atoms with Crippen LogP contribution in [0.15, 0.2) is 42.0 Å². The average Bonchev–Trinajstić information content (AvgIpc) is 3.32. The third-order valence-corrected chi connectivity index (χ3v) is 6.06. The van der Waals surface area contributed by atoms with Crippen LogP contribution in [0.4, 0.5) is 8.78 Å². The second kappa shape index (κ2) is 6.16. The van der Waals surface area contributed by atoms with Gasteiger partial charge in [0.2, 0.25) is 0 Å². The second-order valence-electron chi connectivity index (χ2n) is 7.61. The van der Waals surface area contributed by atoms with Gasteiger partial charge >= 0.3 is 5.92 Å². The lowest BCUT2D eigenvalue weighted by atomic mass is 9.72. The van der Waals surface area contributed by atoms with Crippen molar-refractivity contribution in [3.05, 3.63) is 58.8 Å². The highest BCUT2D eigenvalue weighted by Crippen LogP contribution is 2.49. The summed E-state index contributed by atoms with van der Waals surface area (Å²) in [6, 6.07) is 6.37. The minimum absolute atomic E-state index is 0.0666. The molecule has 5 rings (SSSR count). The number of alkyl halides is 2. The summed E-state index contributed by atoms with van der Waals surface area (Å²) in [6.45, 7) is 0.0666. The molecule has 1 amide bonds. The maximum atomic E-state index is 15.2. The van der Waals surface area contributed by atoms with Crippen molar-refractivity contribution in [1.82, 2.24) is 24.5 Å². The van der Waals surface area contributed by atoms with E-state index in [0.717, 1.165) is 16.1 Å². The van der Waals surface area contributed by atoms with Crippen molar-refractivity contribution in [3.63, 3.8) is 0 Å². The lowest BCUT2D eigenvalue weighted by Gasteiger charge is -2.43. The predicted molar refractivity (Wildman–Crippen MR) is 98.4 cm³/mol. The molecule has 10 heteroatoms. The molecule has 8 nitrogen and oxygen atoms in total. The highest BCUT2D eigenvalue weighted by Gasteiger charge is 2.65. The fourth-order valence-corrected chi connectivity index (χ4v) is 4.24. The van der Waals surface area contributed by atoms with Crippen LogP contribution in [0.5, 0.6) is 0 Å². The van der Waals surface area contributed by atoms with Crippen LogP contribution in [-0.2, 0) is 11.2 Å². The van der Waals surface area contributed by atoms with Crippen molar-refractivity contribution in [1.29, 1.82) is 0 Å². The Bertz CT molecular complexity index is 1070. The van der Waals surface area contributed by atoms with Crippen LogP contribution in [-0.4, -0.2) is 48.4 Å². The monoisotopic (exact) mass is 400 g/mol. The SMILES string of the molecule is O=NC1(C(F)(F)C(=O)N2CCc3[nH]cnc3[C@@H]2c2cc3ccccn3n2)CCC1. The number of hydrogen-bond donors (Lipinski definition) is 1. The molecule has 0 radical (unpaired) electrons. The van der Waals surface area contributed by atoms with Gasteiger partial charge in [0.25, 0.3) is 5.91 Å². The fraction of sp³-hybridized carbons (Fsp3) is 0.421. The van der Waals surface area contributed by atoms with Gasteiger partial charge in [-0.25, -0.2) is 9.50 Å². The first kappa shape index (κ1) is 17.9. The summed E-state index contributed by atoms with van der Waals surface area (Å²) in [5.41, 5.74) is 0.334. The Morgan fingerprint density at radius 1 is 1.34 bits per heavy atom.